The maximum Gasteiger partial charge on any atom is 0.118 e. The van der Waals surface area contributed by atoms with Gasteiger partial charge in [0.2, 0.25) is 0 Å². The molecule has 0 amide bonds. The fourth-order valence-electron chi connectivity index (χ4n) is 1.98. The third kappa shape index (κ3) is 3.73. The maximum atomic E-state index is 10.1. The molecule has 1 unspecified atom stereocenters. The van der Waals surface area contributed by atoms with E-state index in [1.54, 1.807) is 7.11 Å². The molecule has 0 fully saturated rings. The zero-order chi connectivity index (χ0) is 13.7. The second kappa shape index (κ2) is 6.25. The maximum absolute atomic E-state index is 10.1. The van der Waals surface area contributed by atoms with Gasteiger partial charge < -0.3 is 15.6 Å². The van der Waals surface area contributed by atoms with E-state index in [-0.39, 0.29) is 0 Å². The van der Waals surface area contributed by atoms with E-state index in [9.17, 15) is 5.11 Å². The molecule has 1 atom stereocenters. The molecule has 2 aromatic carbocycles. The van der Waals surface area contributed by atoms with Gasteiger partial charge in [0.05, 0.1) is 13.2 Å². The van der Waals surface area contributed by atoms with Crippen molar-refractivity contribution in [3.63, 3.8) is 0 Å². The van der Waals surface area contributed by atoms with Crippen LogP contribution < -0.4 is 10.5 Å². The summed E-state index contributed by atoms with van der Waals surface area (Å²) >= 11 is 0. The van der Waals surface area contributed by atoms with Crippen molar-refractivity contribution in [2.75, 3.05) is 12.8 Å². The summed E-state index contributed by atoms with van der Waals surface area (Å²) in [5.41, 5.74) is 8.44. The second-order valence-electron chi connectivity index (χ2n) is 4.57. The van der Waals surface area contributed by atoms with Crippen LogP contribution in [0.4, 0.5) is 5.69 Å². The lowest BCUT2D eigenvalue weighted by molar-refractivity contribution is 0.168. The summed E-state index contributed by atoms with van der Waals surface area (Å²) in [4.78, 5) is 0. The predicted octanol–water partition coefficient (Wildman–Crippen LogP) is 2.94. The van der Waals surface area contributed by atoms with E-state index in [2.05, 4.69) is 0 Å². The number of rotatable bonds is 5. The lowest BCUT2D eigenvalue weighted by Gasteiger charge is -2.11. The van der Waals surface area contributed by atoms with Crippen LogP contribution in [0.15, 0.2) is 48.5 Å². The molecule has 0 aliphatic carbocycles. The van der Waals surface area contributed by atoms with Crippen molar-refractivity contribution in [2.24, 2.45) is 0 Å². The predicted molar refractivity (Wildman–Crippen MR) is 77.1 cm³/mol. The number of aryl methyl sites for hydroxylation is 1. The number of anilines is 1. The van der Waals surface area contributed by atoms with Crippen molar-refractivity contribution in [2.45, 2.75) is 18.9 Å². The van der Waals surface area contributed by atoms with Gasteiger partial charge in [-0.05, 0) is 48.2 Å². The Hall–Kier alpha value is -2.00. The molecule has 0 saturated heterocycles. The highest BCUT2D eigenvalue weighted by Gasteiger charge is 2.07. The molecule has 0 bridgehead atoms. The third-order valence-corrected chi connectivity index (χ3v) is 3.19. The summed E-state index contributed by atoms with van der Waals surface area (Å²) in [6.45, 7) is 0. The smallest absolute Gasteiger partial charge is 0.118 e. The van der Waals surface area contributed by atoms with Crippen LogP contribution in [0.3, 0.4) is 0 Å². The summed E-state index contributed by atoms with van der Waals surface area (Å²) < 4.78 is 5.11. The van der Waals surface area contributed by atoms with Crippen LogP contribution in [0.1, 0.15) is 23.7 Å². The van der Waals surface area contributed by atoms with Gasteiger partial charge in [0.1, 0.15) is 5.75 Å². The highest BCUT2D eigenvalue weighted by Crippen LogP contribution is 2.21. The molecule has 0 aliphatic rings. The van der Waals surface area contributed by atoms with Crippen LogP contribution in [0.25, 0.3) is 0 Å². The largest absolute Gasteiger partial charge is 0.497 e. The number of aliphatic hydroxyl groups excluding tert-OH is 1. The molecule has 0 heterocycles. The highest BCUT2D eigenvalue weighted by molar-refractivity contribution is 5.39. The number of hydrogen-bond acceptors (Lipinski definition) is 3. The van der Waals surface area contributed by atoms with Crippen molar-refractivity contribution in [3.8, 4) is 5.75 Å². The minimum Gasteiger partial charge on any atom is -0.497 e. The SMILES string of the molecule is COc1ccc(CCC(O)c2ccc(N)cc2)cc1. The highest BCUT2D eigenvalue weighted by atomic mass is 16.5. The van der Waals surface area contributed by atoms with E-state index in [0.29, 0.717) is 12.1 Å². The summed E-state index contributed by atoms with van der Waals surface area (Å²) in [6.07, 6.45) is 1.06. The molecule has 2 aromatic rings. The Morgan fingerprint density at radius 2 is 1.68 bits per heavy atom. The monoisotopic (exact) mass is 257 g/mol. The molecule has 0 aliphatic heterocycles. The van der Waals surface area contributed by atoms with Crippen molar-refractivity contribution >= 4 is 5.69 Å². The number of nitrogens with two attached hydrogens (primary N) is 1. The van der Waals surface area contributed by atoms with E-state index in [4.69, 9.17) is 10.5 Å². The van der Waals surface area contributed by atoms with Crippen LogP contribution in [-0.4, -0.2) is 12.2 Å². The zero-order valence-corrected chi connectivity index (χ0v) is 11.0. The topological polar surface area (TPSA) is 55.5 Å². The number of hydrogen-bond donors (Lipinski definition) is 2. The summed E-state index contributed by atoms with van der Waals surface area (Å²) in [6, 6.07) is 15.3. The van der Waals surface area contributed by atoms with Crippen molar-refractivity contribution in [3.05, 3.63) is 59.7 Å². The Morgan fingerprint density at radius 1 is 1.05 bits per heavy atom. The quantitative estimate of drug-likeness (QED) is 0.810. The average Bonchev–Trinajstić information content (AvgIpc) is 2.46. The molecule has 3 N–H and O–H groups in total. The van der Waals surface area contributed by atoms with E-state index in [1.807, 2.05) is 48.5 Å². The second-order valence-corrected chi connectivity index (χ2v) is 4.57. The molecular formula is C16H19NO2. The first-order valence-corrected chi connectivity index (χ1v) is 6.35. The Balaban J connectivity index is 1.92. The van der Waals surface area contributed by atoms with Crippen LogP contribution >= 0.6 is 0 Å². The van der Waals surface area contributed by atoms with Gasteiger partial charge in [-0.3, -0.25) is 0 Å². The van der Waals surface area contributed by atoms with Crippen LogP contribution in [0.5, 0.6) is 5.75 Å². The Labute approximate surface area is 113 Å². The molecule has 0 aromatic heterocycles. The van der Waals surface area contributed by atoms with Gasteiger partial charge in [-0.25, -0.2) is 0 Å². The lowest BCUT2D eigenvalue weighted by Crippen LogP contribution is -2.00. The molecule has 0 saturated carbocycles. The molecule has 3 heteroatoms. The van der Waals surface area contributed by atoms with E-state index < -0.39 is 6.10 Å². The van der Waals surface area contributed by atoms with Crippen molar-refractivity contribution in [1.82, 2.24) is 0 Å². The Kier molecular flexibility index (Phi) is 4.42. The Bertz CT molecular complexity index is 505. The van der Waals surface area contributed by atoms with Crippen molar-refractivity contribution < 1.29 is 9.84 Å². The minimum absolute atomic E-state index is 0.456. The average molecular weight is 257 g/mol. The minimum atomic E-state index is -0.456. The lowest BCUT2D eigenvalue weighted by atomic mass is 10.0. The number of nitrogen functional groups attached to an aromatic ring is 1. The molecule has 100 valence electrons. The van der Waals surface area contributed by atoms with Gasteiger partial charge >= 0.3 is 0 Å². The molecule has 0 radical (unpaired) electrons. The first kappa shape index (κ1) is 13.4. The molecule has 0 spiro atoms. The third-order valence-electron chi connectivity index (χ3n) is 3.19. The van der Waals surface area contributed by atoms with Gasteiger partial charge in [0.25, 0.3) is 0 Å². The Morgan fingerprint density at radius 3 is 2.26 bits per heavy atom. The first-order chi connectivity index (χ1) is 9.19. The van der Waals surface area contributed by atoms with E-state index in [1.165, 1.54) is 5.56 Å². The number of aliphatic hydroxyl groups is 1. The normalized spacial score (nSPS) is 12.1. The van der Waals surface area contributed by atoms with Gasteiger partial charge in [0, 0.05) is 5.69 Å². The summed E-state index contributed by atoms with van der Waals surface area (Å²) in [7, 11) is 1.65. The van der Waals surface area contributed by atoms with E-state index >= 15 is 0 Å². The fourth-order valence-corrected chi connectivity index (χ4v) is 1.98. The number of ether oxygens (including phenoxy) is 1. The first-order valence-electron chi connectivity index (χ1n) is 6.35. The number of methoxy groups -OCH3 is 1. The molecule has 3 nitrogen and oxygen atoms in total. The van der Waals surface area contributed by atoms with Crippen molar-refractivity contribution in [1.29, 1.82) is 0 Å². The molecule has 2 rings (SSSR count). The van der Waals surface area contributed by atoms with E-state index in [0.717, 1.165) is 17.7 Å². The van der Waals surface area contributed by atoms with Crippen LogP contribution in [-0.2, 0) is 6.42 Å². The van der Waals surface area contributed by atoms with Gasteiger partial charge in [-0.1, -0.05) is 24.3 Å². The molecule has 19 heavy (non-hydrogen) atoms. The standard InChI is InChI=1S/C16H19NO2/c1-19-15-9-2-12(3-10-15)4-11-16(18)13-5-7-14(17)8-6-13/h2-3,5-10,16,18H,4,11,17H2,1H3. The summed E-state index contributed by atoms with van der Waals surface area (Å²) in [5, 5.41) is 10.1. The zero-order valence-electron chi connectivity index (χ0n) is 11.0. The van der Waals surface area contributed by atoms with Crippen LogP contribution in [0.2, 0.25) is 0 Å². The van der Waals surface area contributed by atoms with Crippen LogP contribution in [0, 0.1) is 0 Å². The van der Waals surface area contributed by atoms with Gasteiger partial charge in [0.15, 0.2) is 0 Å². The molecular weight excluding hydrogens is 238 g/mol. The van der Waals surface area contributed by atoms with Gasteiger partial charge in [-0.15, -0.1) is 0 Å². The fraction of sp³-hybridized carbons (Fsp3) is 0.250. The van der Waals surface area contributed by atoms with Gasteiger partial charge in [-0.2, -0.15) is 0 Å². The number of benzene rings is 2. The summed E-state index contributed by atoms with van der Waals surface area (Å²) in [5.74, 6) is 0.850.